The Morgan fingerprint density at radius 2 is 2.40 bits per heavy atom. The third-order valence-corrected chi connectivity index (χ3v) is 3.61. The molecule has 0 saturated heterocycles. The van der Waals surface area contributed by atoms with Crippen molar-refractivity contribution in [3.8, 4) is 0 Å². The third kappa shape index (κ3) is 3.46. The van der Waals surface area contributed by atoms with Gasteiger partial charge < -0.3 is 10.4 Å². The van der Waals surface area contributed by atoms with Crippen molar-refractivity contribution < 1.29 is 9.90 Å². The maximum atomic E-state index is 12.1. The second-order valence-corrected chi connectivity index (χ2v) is 5.11. The predicted molar refractivity (Wildman–Crippen MR) is 75.7 cm³/mol. The molecular weight excluding hydrogens is 258 g/mol. The minimum atomic E-state index is -1.05. The molecule has 1 aromatic heterocycles. The SMILES string of the molecule is C=C[C@@H]1CCC[C@@H](Nc2nccn(CC(=O)O)c2=O)C1. The van der Waals surface area contributed by atoms with Crippen molar-refractivity contribution in [2.45, 2.75) is 38.3 Å². The standard InChI is InChI=1S/C14H19N3O3/c1-2-10-4-3-5-11(8-10)16-13-14(20)17(7-6-15-13)9-12(18)19/h2,6-7,10-11H,1,3-5,8-9H2,(H,15,16)(H,18,19)/t10-,11-/m1/s1. The third-order valence-electron chi connectivity index (χ3n) is 3.61. The monoisotopic (exact) mass is 277 g/mol. The average Bonchev–Trinajstić information content (AvgIpc) is 2.43. The van der Waals surface area contributed by atoms with Gasteiger partial charge in [-0.3, -0.25) is 14.2 Å². The molecule has 108 valence electrons. The first-order valence-electron chi connectivity index (χ1n) is 6.76. The van der Waals surface area contributed by atoms with Crippen LogP contribution in [0.2, 0.25) is 0 Å². The summed E-state index contributed by atoms with van der Waals surface area (Å²) < 4.78 is 1.14. The van der Waals surface area contributed by atoms with Crippen molar-refractivity contribution in [2.24, 2.45) is 5.92 Å². The number of carboxylic acid groups (broad SMARTS) is 1. The van der Waals surface area contributed by atoms with Gasteiger partial charge in [0.15, 0.2) is 5.82 Å². The Hall–Kier alpha value is -2.11. The zero-order chi connectivity index (χ0) is 14.5. The van der Waals surface area contributed by atoms with Gasteiger partial charge in [0.25, 0.3) is 5.56 Å². The van der Waals surface area contributed by atoms with Crippen molar-refractivity contribution in [3.63, 3.8) is 0 Å². The summed E-state index contributed by atoms with van der Waals surface area (Å²) in [7, 11) is 0. The van der Waals surface area contributed by atoms with E-state index in [1.807, 2.05) is 6.08 Å². The van der Waals surface area contributed by atoms with Crippen LogP contribution in [0.25, 0.3) is 0 Å². The molecule has 6 nitrogen and oxygen atoms in total. The number of allylic oxidation sites excluding steroid dienone is 1. The Kier molecular flexibility index (Phi) is 4.55. The molecule has 1 heterocycles. The van der Waals surface area contributed by atoms with Crippen LogP contribution in [0.4, 0.5) is 5.82 Å². The van der Waals surface area contributed by atoms with Crippen LogP contribution >= 0.6 is 0 Å². The van der Waals surface area contributed by atoms with Crippen molar-refractivity contribution in [1.29, 1.82) is 0 Å². The molecule has 0 bridgehead atoms. The molecule has 2 atom stereocenters. The number of aliphatic carboxylic acids is 1. The van der Waals surface area contributed by atoms with Gasteiger partial charge in [0.1, 0.15) is 6.54 Å². The van der Waals surface area contributed by atoms with Crippen LogP contribution in [0, 0.1) is 5.92 Å². The lowest BCUT2D eigenvalue weighted by molar-refractivity contribution is -0.137. The van der Waals surface area contributed by atoms with E-state index in [0.717, 1.165) is 30.3 Å². The number of nitrogens with one attached hydrogen (secondary N) is 1. The maximum absolute atomic E-state index is 12.1. The Labute approximate surface area is 117 Å². The molecule has 0 unspecified atom stereocenters. The van der Waals surface area contributed by atoms with E-state index in [2.05, 4.69) is 16.9 Å². The molecule has 20 heavy (non-hydrogen) atoms. The summed E-state index contributed by atoms with van der Waals surface area (Å²) in [4.78, 5) is 26.8. The van der Waals surface area contributed by atoms with Gasteiger partial charge in [0, 0.05) is 18.4 Å². The van der Waals surface area contributed by atoms with E-state index in [-0.39, 0.29) is 18.4 Å². The van der Waals surface area contributed by atoms with E-state index in [1.54, 1.807) is 0 Å². The molecule has 2 rings (SSSR count). The van der Waals surface area contributed by atoms with Gasteiger partial charge in [-0.1, -0.05) is 12.5 Å². The van der Waals surface area contributed by atoms with E-state index in [4.69, 9.17) is 5.11 Å². The summed E-state index contributed by atoms with van der Waals surface area (Å²) >= 11 is 0. The lowest BCUT2D eigenvalue weighted by Crippen LogP contribution is -2.33. The first kappa shape index (κ1) is 14.3. The molecule has 6 heteroatoms. The van der Waals surface area contributed by atoms with E-state index < -0.39 is 11.5 Å². The number of carboxylic acids is 1. The second kappa shape index (κ2) is 6.36. The van der Waals surface area contributed by atoms with Gasteiger partial charge >= 0.3 is 5.97 Å². The molecule has 0 spiro atoms. The number of carbonyl (C=O) groups is 1. The Balaban J connectivity index is 2.11. The van der Waals surface area contributed by atoms with Crippen molar-refractivity contribution in [2.75, 3.05) is 5.32 Å². The summed E-state index contributed by atoms with van der Waals surface area (Å²) in [5, 5.41) is 11.9. The summed E-state index contributed by atoms with van der Waals surface area (Å²) in [6.45, 7) is 3.46. The maximum Gasteiger partial charge on any atom is 0.323 e. The zero-order valence-electron chi connectivity index (χ0n) is 11.3. The number of anilines is 1. The number of nitrogens with zero attached hydrogens (tertiary/aromatic N) is 2. The lowest BCUT2D eigenvalue weighted by Gasteiger charge is -2.28. The second-order valence-electron chi connectivity index (χ2n) is 5.11. The van der Waals surface area contributed by atoms with Gasteiger partial charge in [-0.25, -0.2) is 4.98 Å². The quantitative estimate of drug-likeness (QED) is 0.796. The highest BCUT2D eigenvalue weighted by Crippen LogP contribution is 2.26. The molecular formula is C14H19N3O3. The van der Waals surface area contributed by atoms with Gasteiger partial charge in [0.2, 0.25) is 0 Å². The van der Waals surface area contributed by atoms with Crippen LogP contribution in [-0.2, 0) is 11.3 Å². The van der Waals surface area contributed by atoms with Crippen LogP contribution in [0.5, 0.6) is 0 Å². The van der Waals surface area contributed by atoms with Crippen molar-refractivity contribution in [3.05, 3.63) is 35.4 Å². The Morgan fingerprint density at radius 3 is 3.10 bits per heavy atom. The van der Waals surface area contributed by atoms with Crippen LogP contribution < -0.4 is 10.9 Å². The van der Waals surface area contributed by atoms with Gasteiger partial charge in [0.05, 0.1) is 0 Å². The van der Waals surface area contributed by atoms with Gasteiger partial charge in [-0.2, -0.15) is 0 Å². The Bertz CT molecular complexity index is 553. The molecule has 0 amide bonds. The highest BCUT2D eigenvalue weighted by molar-refractivity contribution is 5.66. The summed E-state index contributed by atoms with van der Waals surface area (Å²) in [5.41, 5.74) is -0.393. The number of aromatic nitrogens is 2. The predicted octanol–water partition coefficient (Wildman–Crippen LogP) is 1.48. The molecule has 1 aromatic rings. The van der Waals surface area contributed by atoms with E-state index in [1.165, 1.54) is 12.4 Å². The van der Waals surface area contributed by atoms with Gasteiger partial charge in [-0.15, -0.1) is 6.58 Å². The fourth-order valence-electron chi connectivity index (χ4n) is 2.58. The molecule has 0 aliphatic heterocycles. The first-order valence-corrected chi connectivity index (χ1v) is 6.76. The van der Waals surface area contributed by atoms with Crippen molar-refractivity contribution in [1.82, 2.24) is 9.55 Å². The summed E-state index contributed by atoms with van der Waals surface area (Å²) in [6.07, 6.45) is 8.92. The molecule has 1 saturated carbocycles. The highest BCUT2D eigenvalue weighted by atomic mass is 16.4. The minimum Gasteiger partial charge on any atom is -0.480 e. The van der Waals surface area contributed by atoms with Crippen LogP contribution in [-0.4, -0.2) is 26.7 Å². The normalized spacial score (nSPS) is 22.2. The van der Waals surface area contributed by atoms with Crippen LogP contribution in [0.3, 0.4) is 0 Å². The zero-order valence-corrected chi connectivity index (χ0v) is 11.3. The van der Waals surface area contributed by atoms with Crippen molar-refractivity contribution >= 4 is 11.8 Å². The van der Waals surface area contributed by atoms with E-state index in [9.17, 15) is 9.59 Å². The molecule has 1 aliphatic carbocycles. The molecule has 1 fully saturated rings. The topological polar surface area (TPSA) is 84.2 Å². The van der Waals surface area contributed by atoms with Crippen LogP contribution in [0.1, 0.15) is 25.7 Å². The van der Waals surface area contributed by atoms with E-state index in [0.29, 0.717) is 5.92 Å². The van der Waals surface area contributed by atoms with E-state index >= 15 is 0 Å². The van der Waals surface area contributed by atoms with Crippen LogP contribution in [0.15, 0.2) is 29.8 Å². The lowest BCUT2D eigenvalue weighted by atomic mass is 9.86. The smallest absolute Gasteiger partial charge is 0.323 e. The highest BCUT2D eigenvalue weighted by Gasteiger charge is 2.21. The summed E-state index contributed by atoms with van der Waals surface area (Å²) in [5.74, 6) is -0.358. The largest absolute Gasteiger partial charge is 0.480 e. The number of hydrogen-bond acceptors (Lipinski definition) is 4. The molecule has 1 aliphatic rings. The summed E-state index contributed by atoms with van der Waals surface area (Å²) in [6, 6.07) is 0.188. The Morgan fingerprint density at radius 1 is 1.60 bits per heavy atom. The minimum absolute atomic E-state index is 0.188. The molecule has 2 N–H and O–H groups in total. The number of rotatable bonds is 5. The molecule has 0 radical (unpaired) electrons. The fraction of sp³-hybridized carbons (Fsp3) is 0.500. The average molecular weight is 277 g/mol. The first-order chi connectivity index (χ1) is 9.60. The van der Waals surface area contributed by atoms with Gasteiger partial charge in [-0.05, 0) is 25.2 Å². The molecule has 0 aromatic carbocycles. The fourth-order valence-corrected chi connectivity index (χ4v) is 2.58. The number of hydrogen-bond donors (Lipinski definition) is 2.